The third kappa shape index (κ3) is 4.18. The summed E-state index contributed by atoms with van der Waals surface area (Å²) in [5.41, 5.74) is 3.05. The number of nitrogens with one attached hydrogen (secondary N) is 1. The van der Waals surface area contributed by atoms with Crippen molar-refractivity contribution in [2.45, 2.75) is 13.3 Å². The summed E-state index contributed by atoms with van der Waals surface area (Å²) in [6.07, 6.45) is 2.14. The fourth-order valence-electron chi connectivity index (χ4n) is 2.24. The van der Waals surface area contributed by atoms with Crippen LogP contribution in [0.5, 0.6) is 0 Å². The van der Waals surface area contributed by atoms with Gasteiger partial charge in [-0.2, -0.15) is 9.59 Å². The summed E-state index contributed by atoms with van der Waals surface area (Å²) < 4.78 is 13.1. The van der Waals surface area contributed by atoms with Crippen LogP contribution in [0.15, 0.2) is 42.6 Å². The van der Waals surface area contributed by atoms with Gasteiger partial charge in [-0.1, -0.05) is 12.1 Å². The smallest absolute Gasteiger partial charge is 0.344 e. The van der Waals surface area contributed by atoms with Gasteiger partial charge < -0.3 is 4.98 Å². The molecule has 2 heterocycles. The molecule has 0 amide bonds. The number of aromatic amines is 1. The standard InChI is InChI=1S/C16H13FN2O.CO2/c1-10-5-13-6-11(9-18-16(13)19-10)7-15(20)12-3-2-4-14(17)8-12;2-1-3/h2-6,8-9H,7H2,1H3,(H,18,19);. The van der Waals surface area contributed by atoms with Gasteiger partial charge in [0.15, 0.2) is 5.78 Å². The average molecular weight is 312 g/mol. The molecule has 116 valence electrons. The molecule has 1 aromatic carbocycles. The zero-order chi connectivity index (χ0) is 16.8. The van der Waals surface area contributed by atoms with Gasteiger partial charge in [-0.3, -0.25) is 4.79 Å². The van der Waals surface area contributed by atoms with Gasteiger partial charge in [0.25, 0.3) is 0 Å². The fraction of sp³-hybridized carbons (Fsp3) is 0.118. The van der Waals surface area contributed by atoms with Crippen molar-refractivity contribution in [2.75, 3.05) is 0 Å². The molecule has 0 radical (unpaired) electrons. The summed E-state index contributed by atoms with van der Waals surface area (Å²) in [4.78, 5) is 35.8. The average Bonchev–Trinajstić information content (AvgIpc) is 2.87. The predicted molar refractivity (Wildman–Crippen MR) is 80.3 cm³/mol. The second-order valence-corrected chi connectivity index (χ2v) is 4.93. The summed E-state index contributed by atoms with van der Waals surface area (Å²) in [5.74, 6) is -0.511. The molecule has 0 aliphatic heterocycles. The number of carbonyl (C=O) groups excluding carboxylic acids is 3. The molecule has 0 saturated heterocycles. The number of benzene rings is 1. The van der Waals surface area contributed by atoms with Crippen LogP contribution in [0.3, 0.4) is 0 Å². The van der Waals surface area contributed by atoms with E-state index in [-0.39, 0.29) is 18.4 Å². The van der Waals surface area contributed by atoms with E-state index in [2.05, 4.69) is 9.97 Å². The highest BCUT2D eigenvalue weighted by atomic mass is 19.1. The van der Waals surface area contributed by atoms with Crippen LogP contribution in [0.1, 0.15) is 21.6 Å². The van der Waals surface area contributed by atoms with Gasteiger partial charge >= 0.3 is 6.15 Å². The highest BCUT2D eigenvalue weighted by Gasteiger charge is 2.09. The van der Waals surface area contributed by atoms with Crippen LogP contribution in [-0.2, 0) is 16.0 Å². The Morgan fingerprint density at radius 2 is 2.00 bits per heavy atom. The second-order valence-electron chi connectivity index (χ2n) is 4.93. The number of ketones is 1. The first kappa shape index (κ1) is 16.3. The number of hydrogen-bond donors (Lipinski definition) is 1. The number of rotatable bonds is 3. The van der Waals surface area contributed by atoms with Crippen molar-refractivity contribution in [1.29, 1.82) is 0 Å². The van der Waals surface area contributed by atoms with Gasteiger partial charge in [0.05, 0.1) is 0 Å². The molecule has 0 aliphatic rings. The van der Waals surface area contributed by atoms with E-state index in [1.54, 1.807) is 18.3 Å². The van der Waals surface area contributed by atoms with Gasteiger partial charge in [0.1, 0.15) is 11.5 Å². The van der Waals surface area contributed by atoms with Gasteiger partial charge in [-0.15, -0.1) is 0 Å². The fourth-order valence-corrected chi connectivity index (χ4v) is 2.24. The number of Topliss-reactive ketones (excluding diaryl/α,β-unsaturated/α-hetero) is 1. The summed E-state index contributed by atoms with van der Waals surface area (Å²) in [7, 11) is 0. The Morgan fingerprint density at radius 3 is 2.70 bits per heavy atom. The molecule has 3 aromatic rings. The third-order valence-electron chi connectivity index (χ3n) is 3.17. The number of hydrogen-bond acceptors (Lipinski definition) is 4. The number of aryl methyl sites for hydroxylation is 1. The summed E-state index contributed by atoms with van der Waals surface area (Å²) in [5, 5.41) is 0.979. The van der Waals surface area contributed by atoms with Crippen LogP contribution in [0.4, 0.5) is 4.39 Å². The van der Waals surface area contributed by atoms with E-state index in [0.717, 1.165) is 22.3 Å². The van der Waals surface area contributed by atoms with Crippen molar-refractivity contribution in [1.82, 2.24) is 9.97 Å². The minimum atomic E-state index is -0.398. The molecular weight excluding hydrogens is 299 g/mol. The van der Waals surface area contributed by atoms with Crippen LogP contribution in [-0.4, -0.2) is 21.9 Å². The van der Waals surface area contributed by atoms with Crippen LogP contribution < -0.4 is 0 Å². The normalized spacial score (nSPS) is 9.83. The zero-order valence-corrected chi connectivity index (χ0v) is 12.3. The monoisotopic (exact) mass is 312 g/mol. The Bertz CT molecular complexity index is 880. The molecule has 3 rings (SSSR count). The van der Waals surface area contributed by atoms with Crippen molar-refractivity contribution in [3.8, 4) is 0 Å². The molecular formula is C17H13FN2O3. The Balaban J connectivity index is 0.000000595. The number of fused-ring (bicyclic) bond motifs is 1. The Morgan fingerprint density at radius 1 is 1.26 bits per heavy atom. The number of halogens is 1. The minimum absolute atomic E-state index is 0.113. The quantitative estimate of drug-likeness (QED) is 0.754. The van der Waals surface area contributed by atoms with Crippen molar-refractivity contribution in [2.24, 2.45) is 0 Å². The molecule has 0 saturated carbocycles. The van der Waals surface area contributed by atoms with Gasteiger partial charge in [0.2, 0.25) is 0 Å². The maximum absolute atomic E-state index is 13.1. The van der Waals surface area contributed by atoms with E-state index in [9.17, 15) is 9.18 Å². The zero-order valence-electron chi connectivity index (χ0n) is 12.3. The first-order valence-corrected chi connectivity index (χ1v) is 6.76. The maximum atomic E-state index is 13.1. The molecule has 0 aliphatic carbocycles. The summed E-state index contributed by atoms with van der Waals surface area (Å²) in [6.45, 7) is 1.96. The summed E-state index contributed by atoms with van der Waals surface area (Å²) in [6, 6.07) is 9.67. The Hall–Kier alpha value is -3.11. The minimum Gasteiger partial charge on any atom is -0.344 e. The van der Waals surface area contributed by atoms with Crippen LogP contribution in [0.2, 0.25) is 0 Å². The number of nitrogens with zero attached hydrogens (tertiary/aromatic N) is 1. The van der Waals surface area contributed by atoms with E-state index in [0.29, 0.717) is 5.56 Å². The van der Waals surface area contributed by atoms with Crippen LogP contribution in [0, 0.1) is 12.7 Å². The van der Waals surface area contributed by atoms with Crippen LogP contribution in [0.25, 0.3) is 11.0 Å². The van der Waals surface area contributed by atoms with E-state index in [1.165, 1.54) is 12.1 Å². The van der Waals surface area contributed by atoms with Gasteiger partial charge in [0, 0.05) is 29.3 Å². The lowest BCUT2D eigenvalue weighted by atomic mass is 10.0. The molecule has 0 spiro atoms. The molecule has 1 N–H and O–H groups in total. The van der Waals surface area contributed by atoms with Crippen molar-refractivity contribution >= 4 is 23.0 Å². The second kappa shape index (κ2) is 7.24. The molecule has 23 heavy (non-hydrogen) atoms. The number of pyridine rings is 1. The first-order valence-electron chi connectivity index (χ1n) is 6.76. The lowest BCUT2D eigenvalue weighted by Gasteiger charge is -2.02. The van der Waals surface area contributed by atoms with Crippen molar-refractivity contribution in [3.05, 3.63) is 65.2 Å². The van der Waals surface area contributed by atoms with Crippen molar-refractivity contribution in [3.63, 3.8) is 0 Å². The van der Waals surface area contributed by atoms with Crippen LogP contribution >= 0.6 is 0 Å². The lowest BCUT2D eigenvalue weighted by Crippen LogP contribution is -2.04. The molecule has 0 fully saturated rings. The predicted octanol–water partition coefficient (Wildman–Crippen LogP) is 2.85. The number of aromatic nitrogens is 2. The molecule has 0 bridgehead atoms. The van der Waals surface area contributed by atoms with E-state index in [1.807, 2.05) is 19.1 Å². The first-order chi connectivity index (χ1) is 11.0. The maximum Gasteiger partial charge on any atom is 0.373 e. The van der Waals surface area contributed by atoms with Crippen molar-refractivity contribution < 1.29 is 18.8 Å². The largest absolute Gasteiger partial charge is 0.373 e. The summed E-state index contributed by atoms with van der Waals surface area (Å²) >= 11 is 0. The Kier molecular flexibility index (Phi) is 5.12. The van der Waals surface area contributed by atoms with E-state index < -0.39 is 5.82 Å². The number of carbonyl (C=O) groups is 1. The SMILES string of the molecule is Cc1cc2cc(CC(=O)c3cccc(F)c3)cnc2[nH]1.O=C=O. The highest BCUT2D eigenvalue weighted by Crippen LogP contribution is 2.16. The highest BCUT2D eigenvalue weighted by molar-refractivity contribution is 5.97. The Labute approximate surface area is 131 Å². The molecule has 0 unspecified atom stereocenters. The molecule has 2 aromatic heterocycles. The molecule has 0 atom stereocenters. The number of H-pyrrole nitrogens is 1. The van der Waals surface area contributed by atoms with Gasteiger partial charge in [-0.05, 0) is 36.8 Å². The third-order valence-corrected chi connectivity index (χ3v) is 3.17. The lowest BCUT2D eigenvalue weighted by molar-refractivity contribution is -0.191. The van der Waals surface area contributed by atoms with E-state index in [4.69, 9.17) is 9.59 Å². The topological polar surface area (TPSA) is 79.9 Å². The molecule has 5 nitrogen and oxygen atoms in total. The molecule has 6 heteroatoms. The van der Waals surface area contributed by atoms with Gasteiger partial charge in [-0.25, -0.2) is 9.37 Å². The van der Waals surface area contributed by atoms with E-state index >= 15 is 0 Å².